The highest BCUT2D eigenvalue weighted by atomic mass is 19.4. The van der Waals surface area contributed by atoms with E-state index in [9.17, 15) is 28.1 Å². The van der Waals surface area contributed by atoms with Crippen LogP contribution in [0.4, 0.5) is 29.3 Å². The zero-order valence-corrected chi connectivity index (χ0v) is 11.0. The number of nitro groups is 1. The normalized spacial score (nSPS) is 10.9. The van der Waals surface area contributed by atoms with Gasteiger partial charge in [-0.25, -0.2) is 4.79 Å². The van der Waals surface area contributed by atoms with E-state index in [2.05, 4.69) is 16.0 Å². The Kier molecular flexibility index (Phi) is 5.33. The fourth-order valence-corrected chi connectivity index (χ4v) is 1.47. The van der Waals surface area contributed by atoms with E-state index in [1.165, 1.54) is 7.05 Å². The van der Waals surface area contributed by atoms with Crippen LogP contribution in [0.3, 0.4) is 0 Å². The SMILES string of the molecule is CNC(=O)NCCNc1ccc(C(F)(F)F)cc1[N+](=O)[O-]. The molecule has 0 fully saturated rings. The van der Waals surface area contributed by atoms with Gasteiger partial charge in [-0.2, -0.15) is 13.2 Å². The molecule has 0 aromatic heterocycles. The van der Waals surface area contributed by atoms with Gasteiger partial charge in [0.25, 0.3) is 5.69 Å². The maximum Gasteiger partial charge on any atom is 0.416 e. The van der Waals surface area contributed by atoms with Crippen molar-refractivity contribution in [1.82, 2.24) is 10.6 Å². The van der Waals surface area contributed by atoms with Gasteiger partial charge in [-0.05, 0) is 12.1 Å². The Morgan fingerprint density at radius 1 is 1.33 bits per heavy atom. The highest BCUT2D eigenvalue weighted by Gasteiger charge is 2.32. The van der Waals surface area contributed by atoms with E-state index in [-0.39, 0.29) is 18.8 Å². The Hall–Kier alpha value is -2.52. The molecule has 0 unspecified atom stereocenters. The first kappa shape index (κ1) is 16.5. The lowest BCUT2D eigenvalue weighted by Crippen LogP contribution is -2.35. The summed E-state index contributed by atoms with van der Waals surface area (Å²) < 4.78 is 37.5. The summed E-state index contributed by atoms with van der Waals surface area (Å²) in [5.74, 6) is 0. The predicted octanol–water partition coefficient (Wildman–Crippen LogP) is 1.95. The van der Waals surface area contributed by atoms with Crippen LogP contribution in [-0.2, 0) is 6.18 Å². The summed E-state index contributed by atoms with van der Waals surface area (Å²) in [6.07, 6.45) is -4.65. The van der Waals surface area contributed by atoms with Crippen LogP contribution in [-0.4, -0.2) is 31.1 Å². The molecule has 1 aromatic carbocycles. The number of carbonyl (C=O) groups excluding carboxylic acids is 1. The lowest BCUT2D eigenvalue weighted by atomic mass is 10.1. The maximum absolute atomic E-state index is 12.5. The zero-order chi connectivity index (χ0) is 16.0. The van der Waals surface area contributed by atoms with Gasteiger partial charge in [0.2, 0.25) is 0 Å². The zero-order valence-electron chi connectivity index (χ0n) is 11.0. The van der Waals surface area contributed by atoms with Crippen molar-refractivity contribution < 1.29 is 22.9 Å². The van der Waals surface area contributed by atoms with E-state index in [4.69, 9.17) is 0 Å². The molecule has 10 heteroatoms. The van der Waals surface area contributed by atoms with Crippen molar-refractivity contribution in [2.75, 3.05) is 25.5 Å². The molecule has 0 aliphatic carbocycles. The molecule has 0 atom stereocenters. The van der Waals surface area contributed by atoms with Crippen molar-refractivity contribution in [3.63, 3.8) is 0 Å². The second-order valence-corrected chi connectivity index (χ2v) is 3.92. The molecule has 116 valence electrons. The second-order valence-electron chi connectivity index (χ2n) is 3.92. The summed E-state index contributed by atoms with van der Waals surface area (Å²) in [5, 5.41) is 18.1. The van der Waals surface area contributed by atoms with E-state index in [0.717, 1.165) is 12.1 Å². The number of benzene rings is 1. The molecule has 1 rings (SSSR count). The second kappa shape index (κ2) is 6.77. The van der Waals surface area contributed by atoms with Crippen LogP contribution in [0.25, 0.3) is 0 Å². The number of nitro benzene ring substituents is 1. The summed E-state index contributed by atoms with van der Waals surface area (Å²) >= 11 is 0. The van der Waals surface area contributed by atoms with Gasteiger partial charge < -0.3 is 16.0 Å². The number of halogens is 3. The van der Waals surface area contributed by atoms with Gasteiger partial charge in [0.1, 0.15) is 5.69 Å². The van der Waals surface area contributed by atoms with E-state index in [0.29, 0.717) is 6.07 Å². The van der Waals surface area contributed by atoms with Crippen LogP contribution < -0.4 is 16.0 Å². The van der Waals surface area contributed by atoms with Gasteiger partial charge in [0, 0.05) is 26.2 Å². The topological polar surface area (TPSA) is 96.3 Å². The van der Waals surface area contributed by atoms with E-state index in [1.807, 2.05) is 0 Å². The van der Waals surface area contributed by atoms with Crippen molar-refractivity contribution in [3.05, 3.63) is 33.9 Å². The van der Waals surface area contributed by atoms with Crippen LogP contribution in [0.1, 0.15) is 5.56 Å². The molecule has 0 bridgehead atoms. The summed E-state index contributed by atoms with van der Waals surface area (Å²) in [6.45, 7) is 0.275. The molecule has 0 radical (unpaired) electrons. The van der Waals surface area contributed by atoms with Crippen molar-refractivity contribution in [2.24, 2.45) is 0 Å². The van der Waals surface area contributed by atoms with Gasteiger partial charge in [0.15, 0.2) is 0 Å². The summed E-state index contributed by atoms with van der Waals surface area (Å²) in [6, 6.07) is 1.77. The lowest BCUT2D eigenvalue weighted by Gasteiger charge is -2.11. The van der Waals surface area contributed by atoms with Gasteiger partial charge in [0.05, 0.1) is 10.5 Å². The van der Waals surface area contributed by atoms with Crippen LogP contribution in [0.5, 0.6) is 0 Å². The number of urea groups is 1. The van der Waals surface area contributed by atoms with Crippen LogP contribution in [0.2, 0.25) is 0 Å². The van der Waals surface area contributed by atoms with E-state index < -0.39 is 28.4 Å². The number of hydrogen-bond donors (Lipinski definition) is 3. The number of nitrogens with zero attached hydrogens (tertiary/aromatic N) is 1. The quantitative estimate of drug-likeness (QED) is 0.440. The van der Waals surface area contributed by atoms with E-state index >= 15 is 0 Å². The van der Waals surface area contributed by atoms with Crippen molar-refractivity contribution in [3.8, 4) is 0 Å². The Labute approximate surface area is 117 Å². The summed E-state index contributed by atoms with van der Waals surface area (Å²) in [7, 11) is 1.42. The fourth-order valence-electron chi connectivity index (χ4n) is 1.47. The predicted molar refractivity (Wildman–Crippen MR) is 69.0 cm³/mol. The van der Waals surface area contributed by atoms with Gasteiger partial charge in [-0.15, -0.1) is 0 Å². The Morgan fingerprint density at radius 3 is 2.52 bits per heavy atom. The van der Waals surface area contributed by atoms with E-state index in [1.54, 1.807) is 0 Å². The third kappa shape index (κ3) is 4.82. The maximum atomic E-state index is 12.5. The fraction of sp³-hybridized carbons (Fsp3) is 0.364. The van der Waals surface area contributed by atoms with Crippen LogP contribution in [0.15, 0.2) is 18.2 Å². The van der Waals surface area contributed by atoms with Gasteiger partial charge in [-0.3, -0.25) is 10.1 Å². The van der Waals surface area contributed by atoms with Crippen molar-refractivity contribution in [2.45, 2.75) is 6.18 Å². The minimum atomic E-state index is -4.65. The molecule has 0 aliphatic heterocycles. The molecule has 0 heterocycles. The standard InChI is InChI=1S/C11H13F3N4O3/c1-15-10(19)17-5-4-16-8-3-2-7(11(12,13)14)6-9(8)18(20)21/h2-3,6,16H,4-5H2,1H3,(H2,15,17,19). The molecule has 2 amide bonds. The number of hydrogen-bond acceptors (Lipinski definition) is 4. The summed E-state index contributed by atoms with van der Waals surface area (Å²) in [4.78, 5) is 20.8. The Bertz CT molecular complexity index is 534. The molecule has 21 heavy (non-hydrogen) atoms. The monoisotopic (exact) mass is 306 g/mol. The van der Waals surface area contributed by atoms with Gasteiger partial charge >= 0.3 is 12.2 Å². The number of anilines is 1. The first-order valence-electron chi connectivity index (χ1n) is 5.80. The first-order valence-corrected chi connectivity index (χ1v) is 5.80. The minimum absolute atomic E-state index is 0.0493. The smallest absolute Gasteiger partial charge is 0.378 e. The van der Waals surface area contributed by atoms with Crippen molar-refractivity contribution in [1.29, 1.82) is 0 Å². The molecule has 1 aromatic rings. The Morgan fingerprint density at radius 2 is 2.00 bits per heavy atom. The Balaban J connectivity index is 2.78. The third-order valence-electron chi connectivity index (χ3n) is 2.47. The number of carbonyl (C=O) groups is 1. The molecule has 0 aliphatic rings. The molecular weight excluding hydrogens is 293 g/mol. The number of amides is 2. The number of rotatable bonds is 5. The first-order chi connectivity index (χ1) is 9.75. The third-order valence-corrected chi connectivity index (χ3v) is 2.47. The summed E-state index contributed by atoms with van der Waals surface area (Å²) in [5.41, 5.74) is -1.82. The number of nitrogens with one attached hydrogen (secondary N) is 3. The highest BCUT2D eigenvalue weighted by Crippen LogP contribution is 2.34. The largest absolute Gasteiger partial charge is 0.416 e. The molecule has 0 spiro atoms. The average Bonchev–Trinajstić information content (AvgIpc) is 2.41. The highest BCUT2D eigenvalue weighted by molar-refractivity contribution is 5.73. The minimum Gasteiger partial charge on any atom is -0.378 e. The van der Waals surface area contributed by atoms with Gasteiger partial charge in [-0.1, -0.05) is 0 Å². The molecule has 3 N–H and O–H groups in total. The lowest BCUT2D eigenvalue weighted by molar-refractivity contribution is -0.384. The van der Waals surface area contributed by atoms with Crippen LogP contribution >= 0.6 is 0 Å². The molecule has 0 saturated heterocycles. The van der Waals surface area contributed by atoms with Crippen LogP contribution in [0, 0.1) is 10.1 Å². The van der Waals surface area contributed by atoms with Crippen molar-refractivity contribution >= 4 is 17.4 Å². The molecule has 7 nitrogen and oxygen atoms in total. The molecule has 0 saturated carbocycles. The number of alkyl halides is 3. The molecular formula is C11H13F3N4O3. The average molecular weight is 306 g/mol.